The van der Waals surface area contributed by atoms with Crippen molar-refractivity contribution in [1.29, 1.82) is 0 Å². The fraction of sp³-hybridized carbons (Fsp3) is 0.500. The van der Waals surface area contributed by atoms with Crippen LogP contribution in [0.3, 0.4) is 0 Å². The van der Waals surface area contributed by atoms with E-state index in [-0.39, 0.29) is 24.2 Å². The Kier molecular flexibility index (Phi) is 5.10. The molecule has 1 aromatic rings. The summed E-state index contributed by atoms with van der Waals surface area (Å²) in [5.41, 5.74) is 0.507. The average molecular weight is 293 g/mol. The lowest BCUT2D eigenvalue weighted by molar-refractivity contribution is -0.128. The second-order valence-corrected chi connectivity index (χ2v) is 4.78. The number of anilines is 1. The summed E-state index contributed by atoms with van der Waals surface area (Å²) in [6.07, 6.45) is 1.80. The van der Waals surface area contributed by atoms with Gasteiger partial charge in [-0.3, -0.25) is 9.59 Å². The van der Waals surface area contributed by atoms with E-state index in [4.69, 9.17) is 9.47 Å². The van der Waals surface area contributed by atoms with Crippen LogP contribution in [0.25, 0.3) is 0 Å². The summed E-state index contributed by atoms with van der Waals surface area (Å²) in [6, 6.07) is 3.42. The number of pyridine rings is 1. The molecule has 21 heavy (non-hydrogen) atoms. The van der Waals surface area contributed by atoms with Gasteiger partial charge < -0.3 is 19.7 Å². The molecule has 0 aliphatic carbocycles. The third kappa shape index (κ3) is 3.69. The van der Waals surface area contributed by atoms with Gasteiger partial charge in [-0.15, -0.1) is 0 Å². The van der Waals surface area contributed by atoms with Gasteiger partial charge in [0.15, 0.2) is 0 Å². The number of nitrogens with one attached hydrogen (secondary N) is 1. The molecule has 1 N–H and O–H groups in total. The van der Waals surface area contributed by atoms with Gasteiger partial charge >= 0.3 is 0 Å². The molecule has 7 nitrogen and oxygen atoms in total. The first-order valence-electron chi connectivity index (χ1n) is 6.72. The van der Waals surface area contributed by atoms with Crippen LogP contribution in [0, 0.1) is 5.92 Å². The molecule has 1 atom stereocenters. The highest BCUT2D eigenvalue weighted by atomic mass is 16.5. The van der Waals surface area contributed by atoms with E-state index in [0.29, 0.717) is 31.3 Å². The average Bonchev–Trinajstić information content (AvgIpc) is 2.87. The summed E-state index contributed by atoms with van der Waals surface area (Å²) in [5.74, 6) is -0.231. The van der Waals surface area contributed by atoms with Gasteiger partial charge in [0.25, 0.3) is 0 Å². The predicted molar refractivity (Wildman–Crippen MR) is 76.0 cm³/mol. The Labute approximate surface area is 123 Å². The molecule has 1 aromatic heterocycles. The molecule has 1 unspecified atom stereocenters. The van der Waals surface area contributed by atoms with Crippen molar-refractivity contribution in [3.8, 4) is 5.88 Å². The monoisotopic (exact) mass is 293 g/mol. The second-order valence-electron chi connectivity index (χ2n) is 4.78. The van der Waals surface area contributed by atoms with Gasteiger partial charge in [0.2, 0.25) is 17.7 Å². The largest absolute Gasteiger partial charge is 0.480 e. The van der Waals surface area contributed by atoms with Gasteiger partial charge in [-0.2, -0.15) is 0 Å². The number of carbonyl (C=O) groups is 2. The number of carbonyl (C=O) groups excluding carboxylic acids is 2. The van der Waals surface area contributed by atoms with Crippen LogP contribution < -0.4 is 10.1 Å². The minimum atomic E-state index is -0.362. The summed E-state index contributed by atoms with van der Waals surface area (Å²) in [4.78, 5) is 29.7. The molecular weight excluding hydrogens is 274 g/mol. The highest BCUT2D eigenvalue weighted by Crippen LogP contribution is 2.23. The third-order valence-electron chi connectivity index (χ3n) is 3.37. The van der Waals surface area contributed by atoms with E-state index in [1.165, 1.54) is 7.11 Å². The molecule has 0 saturated carbocycles. The van der Waals surface area contributed by atoms with Crippen molar-refractivity contribution >= 4 is 17.5 Å². The SMILES string of the molecule is COCCN1CC(C(=O)Nc2cccnc2OC)CC1=O. The molecule has 2 heterocycles. The Balaban J connectivity index is 1.97. The molecule has 7 heteroatoms. The maximum atomic E-state index is 12.2. The first kappa shape index (κ1) is 15.2. The van der Waals surface area contributed by atoms with Crippen LogP contribution in [0.2, 0.25) is 0 Å². The van der Waals surface area contributed by atoms with E-state index in [9.17, 15) is 9.59 Å². The van der Waals surface area contributed by atoms with Gasteiger partial charge in [0, 0.05) is 32.8 Å². The summed E-state index contributed by atoms with van der Waals surface area (Å²) >= 11 is 0. The van der Waals surface area contributed by atoms with Crippen LogP contribution >= 0.6 is 0 Å². The molecule has 0 radical (unpaired) electrons. The van der Waals surface area contributed by atoms with Gasteiger partial charge in [-0.25, -0.2) is 4.98 Å². The van der Waals surface area contributed by atoms with Gasteiger partial charge in [0.1, 0.15) is 5.69 Å². The van der Waals surface area contributed by atoms with E-state index >= 15 is 0 Å². The molecule has 1 aliphatic heterocycles. The summed E-state index contributed by atoms with van der Waals surface area (Å²) < 4.78 is 10.0. The lowest BCUT2D eigenvalue weighted by atomic mass is 10.1. The highest BCUT2D eigenvalue weighted by Gasteiger charge is 2.34. The van der Waals surface area contributed by atoms with E-state index < -0.39 is 0 Å². The van der Waals surface area contributed by atoms with Crippen LogP contribution in [-0.2, 0) is 14.3 Å². The number of amides is 2. The normalized spacial score (nSPS) is 17.9. The standard InChI is InChI=1S/C14H19N3O4/c1-20-7-6-17-9-10(8-12(17)18)13(19)16-11-4-3-5-15-14(11)21-2/h3-5,10H,6-9H2,1-2H3,(H,16,19). The molecule has 2 rings (SSSR count). The quantitative estimate of drug-likeness (QED) is 0.827. The van der Waals surface area contributed by atoms with Crippen LogP contribution in [0.5, 0.6) is 5.88 Å². The summed E-state index contributed by atoms with van der Waals surface area (Å²) in [6.45, 7) is 1.39. The van der Waals surface area contributed by atoms with Crippen molar-refractivity contribution < 1.29 is 19.1 Å². The molecule has 114 valence electrons. The summed E-state index contributed by atoms with van der Waals surface area (Å²) in [5, 5.41) is 2.76. The van der Waals surface area contributed by atoms with Crippen LogP contribution in [-0.4, -0.2) is 55.6 Å². The Morgan fingerprint density at radius 1 is 1.52 bits per heavy atom. The van der Waals surface area contributed by atoms with Gasteiger partial charge in [-0.05, 0) is 12.1 Å². The summed E-state index contributed by atoms with van der Waals surface area (Å²) in [7, 11) is 3.07. The van der Waals surface area contributed by atoms with Gasteiger partial charge in [0.05, 0.1) is 19.6 Å². The zero-order chi connectivity index (χ0) is 15.2. The molecular formula is C14H19N3O4. The minimum absolute atomic E-state index is 0.0228. The lowest BCUT2D eigenvalue weighted by Crippen LogP contribution is -2.30. The number of nitrogens with zero attached hydrogens (tertiary/aromatic N) is 2. The van der Waals surface area contributed by atoms with Crippen molar-refractivity contribution in [1.82, 2.24) is 9.88 Å². The zero-order valence-corrected chi connectivity index (χ0v) is 12.2. The molecule has 0 bridgehead atoms. The van der Waals surface area contributed by atoms with Crippen molar-refractivity contribution in [2.45, 2.75) is 6.42 Å². The van der Waals surface area contributed by atoms with Gasteiger partial charge in [-0.1, -0.05) is 0 Å². The maximum absolute atomic E-state index is 12.2. The fourth-order valence-electron chi connectivity index (χ4n) is 2.25. The molecule has 2 amide bonds. The number of hydrogen-bond acceptors (Lipinski definition) is 5. The Hall–Kier alpha value is -2.15. The second kappa shape index (κ2) is 7.03. The Bertz CT molecular complexity index is 521. The van der Waals surface area contributed by atoms with E-state index in [1.54, 1.807) is 30.3 Å². The maximum Gasteiger partial charge on any atom is 0.237 e. The number of aromatic nitrogens is 1. The predicted octanol–water partition coefficient (Wildman–Crippen LogP) is 0.524. The van der Waals surface area contributed by atoms with Crippen molar-refractivity contribution in [2.75, 3.05) is 39.2 Å². The van der Waals surface area contributed by atoms with E-state index in [0.717, 1.165) is 0 Å². The molecule has 0 aromatic carbocycles. The lowest BCUT2D eigenvalue weighted by Gasteiger charge is -2.16. The number of likely N-dealkylation sites (tertiary alicyclic amines) is 1. The highest BCUT2D eigenvalue weighted by molar-refractivity contribution is 5.97. The smallest absolute Gasteiger partial charge is 0.237 e. The molecule has 1 fully saturated rings. The van der Waals surface area contributed by atoms with E-state index in [2.05, 4.69) is 10.3 Å². The van der Waals surface area contributed by atoms with Crippen molar-refractivity contribution in [3.63, 3.8) is 0 Å². The minimum Gasteiger partial charge on any atom is -0.480 e. The number of hydrogen-bond donors (Lipinski definition) is 1. The fourth-order valence-corrected chi connectivity index (χ4v) is 2.25. The van der Waals surface area contributed by atoms with Crippen LogP contribution in [0.1, 0.15) is 6.42 Å². The molecule has 0 spiro atoms. The number of rotatable bonds is 6. The first-order valence-corrected chi connectivity index (χ1v) is 6.72. The first-order chi connectivity index (χ1) is 10.2. The molecule has 1 aliphatic rings. The van der Waals surface area contributed by atoms with Crippen molar-refractivity contribution in [3.05, 3.63) is 18.3 Å². The van der Waals surface area contributed by atoms with Crippen LogP contribution in [0.4, 0.5) is 5.69 Å². The number of ether oxygens (including phenoxy) is 2. The number of methoxy groups -OCH3 is 2. The van der Waals surface area contributed by atoms with Crippen molar-refractivity contribution in [2.24, 2.45) is 5.92 Å². The third-order valence-corrected chi connectivity index (χ3v) is 3.37. The Morgan fingerprint density at radius 2 is 2.33 bits per heavy atom. The Morgan fingerprint density at radius 3 is 3.05 bits per heavy atom. The van der Waals surface area contributed by atoms with Crippen LogP contribution in [0.15, 0.2) is 18.3 Å². The topological polar surface area (TPSA) is 80.8 Å². The molecule has 1 saturated heterocycles. The zero-order valence-electron chi connectivity index (χ0n) is 12.2. The van der Waals surface area contributed by atoms with E-state index in [1.807, 2.05) is 0 Å².